The number of benzene rings is 2. The van der Waals surface area contributed by atoms with Gasteiger partial charge in [0.25, 0.3) is 0 Å². The van der Waals surface area contributed by atoms with Crippen LogP contribution in [0.3, 0.4) is 0 Å². The molecule has 0 aromatic heterocycles. The first-order valence-electron chi connectivity index (χ1n) is 12.1. The van der Waals surface area contributed by atoms with Gasteiger partial charge < -0.3 is 10.2 Å². The van der Waals surface area contributed by atoms with Gasteiger partial charge in [-0.15, -0.1) is 0 Å². The van der Waals surface area contributed by atoms with E-state index in [1.54, 1.807) is 12.1 Å². The van der Waals surface area contributed by atoms with Crippen LogP contribution in [0.4, 0.5) is 5.69 Å². The minimum atomic E-state index is -3.75. The fourth-order valence-electron chi connectivity index (χ4n) is 4.04. The van der Waals surface area contributed by atoms with Crippen molar-refractivity contribution < 1.29 is 18.0 Å². The number of aryl methyl sites for hydroxylation is 3. The lowest BCUT2D eigenvalue weighted by Crippen LogP contribution is -2.53. The third-order valence-electron chi connectivity index (χ3n) is 6.16. The number of amides is 2. The zero-order valence-corrected chi connectivity index (χ0v) is 22.8. The van der Waals surface area contributed by atoms with Crippen LogP contribution in [0.25, 0.3) is 0 Å². The summed E-state index contributed by atoms with van der Waals surface area (Å²) < 4.78 is 26.6. The second-order valence-electron chi connectivity index (χ2n) is 9.31. The molecular formula is C27H39N3O4S. The highest BCUT2D eigenvalue weighted by atomic mass is 32.2. The van der Waals surface area contributed by atoms with Crippen molar-refractivity contribution in [1.82, 2.24) is 10.2 Å². The molecule has 0 aliphatic heterocycles. The third kappa shape index (κ3) is 7.82. The first-order chi connectivity index (χ1) is 16.4. The molecule has 0 saturated heterocycles. The predicted molar refractivity (Wildman–Crippen MR) is 142 cm³/mol. The van der Waals surface area contributed by atoms with Gasteiger partial charge in [-0.1, -0.05) is 44.2 Å². The highest BCUT2D eigenvalue weighted by molar-refractivity contribution is 7.92. The van der Waals surface area contributed by atoms with Gasteiger partial charge >= 0.3 is 0 Å². The summed E-state index contributed by atoms with van der Waals surface area (Å²) >= 11 is 0. The maximum Gasteiger partial charge on any atom is 0.244 e. The number of carbonyl (C=O) groups excluding carboxylic acids is 2. The van der Waals surface area contributed by atoms with Gasteiger partial charge in [0.15, 0.2) is 0 Å². The lowest BCUT2D eigenvalue weighted by Gasteiger charge is -2.33. The van der Waals surface area contributed by atoms with Gasteiger partial charge in [0.2, 0.25) is 21.8 Å². The molecule has 0 aliphatic rings. The zero-order chi connectivity index (χ0) is 26.3. The molecule has 0 heterocycles. The molecule has 2 aromatic carbocycles. The summed E-state index contributed by atoms with van der Waals surface area (Å²) in [6.45, 7) is 11.3. The number of rotatable bonds is 11. The minimum Gasteiger partial charge on any atom is -0.352 e. The topological polar surface area (TPSA) is 86.8 Å². The van der Waals surface area contributed by atoms with Crippen molar-refractivity contribution in [3.05, 3.63) is 64.7 Å². The van der Waals surface area contributed by atoms with Gasteiger partial charge in [-0.2, -0.15) is 0 Å². The molecule has 192 valence electrons. The van der Waals surface area contributed by atoms with E-state index in [1.807, 2.05) is 71.9 Å². The van der Waals surface area contributed by atoms with Crippen LogP contribution in [0.1, 0.15) is 55.9 Å². The van der Waals surface area contributed by atoms with Crippen LogP contribution in [0.15, 0.2) is 42.5 Å². The summed E-state index contributed by atoms with van der Waals surface area (Å²) in [6.07, 6.45) is 2.27. The number of hydrogen-bond donors (Lipinski definition) is 1. The predicted octanol–water partition coefficient (Wildman–Crippen LogP) is 4.10. The second kappa shape index (κ2) is 12.2. The lowest BCUT2D eigenvalue weighted by atomic mass is 10.1. The Morgan fingerprint density at radius 2 is 1.57 bits per heavy atom. The zero-order valence-electron chi connectivity index (χ0n) is 22.0. The second-order valence-corrected chi connectivity index (χ2v) is 11.2. The summed E-state index contributed by atoms with van der Waals surface area (Å²) in [4.78, 5) is 28.4. The van der Waals surface area contributed by atoms with Crippen molar-refractivity contribution in [2.24, 2.45) is 0 Å². The van der Waals surface area contributed by atoms with E-state index in [1.165, 1.54) is 4.90 Å². The maximum absolute atomic E-state index is 13.8. The number of carbonyl (C=O) groups is 2. The SMILES string of the molecule is CC[C@H](C(=O)N[C@@H](C)CC)N(Cc1ccccc1C)C(=O)CN(c1cc(C)cc(C)c1)S(C)(=O)=O. The molecule has 2 atom stereocenters. The molecule has 8 heteroatoms. The highest BCUT2D eigenvalue weighted by Crippen LogP contribution is 2.23. The first kappa shape index (κ1) is 28.4. The molecule has 0 unspecified atom stereocenters. The Labute approximate surface area is 210 Å². The molecule has 0 radical (unpaired) electrons. The molecule has 0 bridgehead atoms. The Bertz CT molecular complexity index is 1130. The molecule has 1 N–H and O–H groups in total. The Balaban J connectivity index is 2.49. The molecule has 2 aromatic rings. The van der Waals surface area contributed by atoms with E-state index in [0.717, 1.165) is 39.2 Å². The van der Waals surface area contributed by atoms with Gasteiger partial charge in [0.05, 0.1) is 11.9 Å². The summed E-state index contributed by atoms with van der Waals surface area (Å²) in [7, 11) is -3.75. The van der Waals surface area contributed by atoms with Gasteiger partial charge in [0.1, 0.15) is 12.6 Å². The van der Waals surface area contributed by atoms with E-state index in [9.17, 15) is 18.0 Å². The average Bonchev–Trinajstić information content (AvgIpc) is 2.76. The number of sulfonamides is 1. The Kier molecular flexibility index (Phi) is 9.89. The summed E-state index contributed by atoms with van der Waals surface area (Å²) in [5.41, 5.74) is 4.14. The van der Waals surface area contributed by atoms with Crippen LogP contribution < -0.4 is 9.62 Å². The molecular weight excluding hydrogens is 462 g/mol. The Hall–Kier alpha value is -2.87. The number of anilines is 1. The molecule has 0 spiro atoms. The van der Waals surface area contributed by atoms with Crippen molar-refractivity contribution in [2.45, 2.75) is 73.0 Å². The number of nitrogens with one attached hydrogen (secondary N) is 1. The van der Waals surface area contributed by atoms with Crippen molar-refractivity contribution >= 4 is 27.5 Å². The maximum atomic E-state index is 13.8. The van der Waals surface area contributed by atoms with Gasteiger partial charge in [-0.05, 0) is 74.9 Å². The summed E-state index contributed by atoms with van der Waals surface area (Å²) in [6, 6.07) is 12.4. The fraction of sp³-hybridized carbons (Fsp3) is 0.481. The molecule has 35 heavy (non-hydrogen) atoms. The smallest absolute Gasteiger partial charge is 0.244 e. The van der Waals surface area contributed by atoms with Crippen LogP contribution in [0.5, 0.6) is 0 Å². The van der Waals surface area contributed by atoms with Crippen LogP contribution in [-0.2, 0) is 26.2 Å². The Morgan fingerprint density at radius 3 is 2.09 bits per heavy atom. The van der Waals surface area contributed by atoms with E-state index in [0.29, 0.717) is 12.1 Å². The summed E-state index contributed by atoms with van der Waals surface area (Å²) in [5.74, 6) is -0.662. The quantitative estimate of drug-likeness (QED) is 0.502. The molecule has 7 nitrogen and oxygen atoms in total. The van der Waals surface area contributed by atoms with Crippen molar-refractivity contribution in [3.63, 3.8) is 0 Å². The highest BCUT2D eigenvalue weighted by Gasteiger charge is 2.32. The first-order valence-corrected chi connectivity index (χ1v) is 13.9. The van der Waals surface area contributed by atoms with Crippen molar-refractivity contribution in [2.75, 3.05) is 17.1 Å². The Morgan fingerprint density at radius 1 is 0.971 bits per heavy atom. The van der Waals surface area contributed by atoms with Gasteiger partial charge in [0, 0.05) is 12.6 Å². The van der Waals surface area contributed by atoms with Gasteiger partial charge in [-0.25, -0.2) is 8.42 Å². The molecule has 2 amide bonds. The van der Waals surface area contributed by atoms with E-state index < -0.39 is 22.0 Å². The third-order valence-corrected chi connectivity index (χ3v) is 7.30. The van der Waals surface area contributed by atoms with Gasteiger partial charge in [-0.3, -0.25) is 13.9 Å². The number of nitrogens with zero attached hydrogens (tertiary/aromatic N) is 2. The largest absolute Gasteiger partial charge is 0.352 e. The number of hydrogen-bond acceptors (Lipinski definition) is 4. The van der Waals surface area contributed by atoms with Crippen molar-refractivity contribution in [3.8, 4) is 0 Å². The van der Waals surface area contributed by atoms with E-state index in [4.69, 9.17) is 0 Å². The minimum absolute atomic E-state index is 0.0326. The average molecular weight is 502 g/mol. The van der Waals surface area contributed by atoms with Crippen LogP contribution >= 0.6 is 0 Å². The molecule has 0 aliphatic carbocycles. The standard InChI is InChI=1S/C27H39N3O4S/c1-8-22(6)28-27(32)25(9-2)29(17-23-13-11-10-12-21(23)5)26(31)18-30(35(7,33)34)24-15-19(3)14-20(4)16-24/h10-16,22,25H,8-9,17-18H2,1-7H3,(H,28,32)/t22-,25+/m0/s1. The normalized spacial score (nSPS) is 13.1. The van der Waals surface area contributed by atoms with Crippen molar-refractivity contribution in [1.29, 1.82) is 0 Å². The van der Waals surface area contributed by atoms with E-state index >= 15 is 0 Å². The molecule has 2 rings (SSSR count). The van der Waals surface area contributed by atoms with E-state index in [-0.39, 0.29) is 25.0 Å². The van der Waals surface area contributed by atoms with E-state index in [2.05, 4.69) is 5.32 Å². The summed E-state index contributed by atoms with van der Waals surface area (Å²) in [5, 5.41) is 2.98. The lowest BCUT2D eigenvalue weighted by molar-refractivity contribution is -0.140. The fourth-order valence-corrected chi connectivity index (χ4v) is 4.87. The van der Waals surface area contributed by atoms with Crippen LogP contribution in [0.2, 0.25) is 0 Å². The van der Waals surface area contributed by atoms with Crippen LogP contribution in [0, 0.1) is 20.8 Å². The monoisotopic (exact) mass is 501 g/mol. The molecule has 0 fully saturated rings. The van der Waals surface area contributed by atoms with Crippen LogP contribution in [-0.4, -0.2) is 50.0 Å². The molecule has 0 saturated carbocycles.